The Kier molecular flexibility index (Phi) is 3.84. The summed E-state index contributed by atoms with van der Waals surface area (Å²) in [5.41, 5.74) is 1.31. The van der Waals surface area contributed by atoms with E-state index in [9.17, 15) is 9.59 Å². The van der Waals surface area contributed by atoms with Crippen molar-refractivity contribution in [2.24, 2.45) is 23.2 Å². The second kappa shape index (κ2) is 6.11. The van der Waals surface area contributed by atoms with Gasteiger partial charge in [-0.3, -0.25) is 9.59 Å². The Morgan fingerprint density at radius 1 is 0.962 bits per heavy atom. The minimum Gasteiger partial charge on any atom is -0.339 e. The van der Waals surface area contributed by atoms with Gasteiger partial charge in [-0.05, 0) is 87.3 Å². The summed E-state index contributed by atoms with van der Waals surface area (Å²) < 4.78 is 0. The highest BCUT2D eigenvalue weighted by atomic mass is 16.2. The monoisotopic (exact) mass is 352 g/mol. The fourth-order valence-electron chi connectivity index (χ4n) is 6.49. The van der Waals surface area contributed by atoms with Gasteiger partial charge in [-0.15, -0.1) is 0 Å². The number of nitrogens with zero attached hydrogens (tertiary/aromatic N) is 1. The summed E-state index contributed by atoms with van der Waals surface area (Å²) in [5, 5.41) is 3.18. The first kappa shape index (κ1) is 16.3. The van der Waals surface area contributed by atoms with E-state index < -0.39 is 0 Å². The van der Waals surface area contributed by atoms with Crippen LogP contribution in [-0.4, -0.2) is 29.8 Å². The Morgan fingerprint density at radius 2 is 1.58 bits per heavy atom. The number of benzene rings is 1. The Bertz CT molecular complexity index is 700. The quantitative estimate of drug-likeness (QED) is 0.891. The van der Waals surface area contributed by atoms with E-state index >= 15 is 0 Å². The lowest BCUT2D eigenvalue weighted by Crippen LogP contribution is -2.51. The van der Waals surface area contributed by atoms with Crippen molar-refractivity contribution in [3.8, 4) is 0 Å². The first-order chi connectivity index (χ1) is 12.6. The van der Waals surface area contributed by atoms with Crippen molar-refractivity contribution in [3.63, 3.8) is 0 Å². The highest BCUT2D eigenvalue weighted by Gasteiger charge is 2.54. The molecule has 1 aromatic rings. The van der Waals surface area contributed by atoms with Crippen molar-refractivity contribution in [2.75, 3.05) is 18.4 Å². The highest BCUT2D eigenvalue weighted by molar-refractivity contribution is 5.99. The van der Waals surface area contributed by atoms with Gasteiger partial charge in [-0.25, -0.2) is 0 Å². The normalized spacial score (nSPS) is 34.9. The van der Waals surface area contributed by atoms with Crippen molar-refractivity contribution in [2.45, 2.75) is 51.4 Å². The minimum absolute atomic E-state index is 0.0911. The molecule has 0 atom stereocenters. The van der Waals surface area contributed by atoms with Crippen LogP contribution in [0.5, 0.6) is 0 Å². The predicted molar refractivity (Wildman–Crippen MR) is 101 cm³/mol. The van der Waals surface area contributed by atoms with Gasteiger partial charge in [0.25, 0.3) is 5.91 Å². The van der Waals surface area contributed by atoms with E-state index in [1.54, 1.807) is 0 Å². The molecule has 6 rings (SSSR count). The van der Waals surface area contributed by atoms with E-state index in [4.69, 9.17) is 0 Å². The molecule has 0 aromatic heterocycles. The molecule has 4 heteroatoms. The van der Waals surface area contributed by atoms with Crippen LogP contribution in [0.4, 0.5) is 5.69 Å². The topological polar surface area (TPSA) is 49.4 Å². The third kappa shape index (κ3) is 2.74. The SMILES string of the molecule is O=C(c1cccc(NC(=O)C23CC4CC(CC(C4)C2)C3)c1)N1CCCC1. The van der Waals surface area contributed by atoms with Gasteiger partial charge in [0.2, 0.25) is 5.91 Å². The zero-order valence-electron chi connectivity index (χ0n) is 15.4. The smallest absolute Gasteiger partial charge is 0.253 e. The largest absolute Gasteiger partial charge is 0.339 e. The van der Waals surface area contributed by atoms with Crippen LogP contribution < -0.4 is 5.32 Å². The van der Waals surface area contributed by atoms with E-state index in [-0.39, 0.29) is 17.2 Å². The number of carbonyl (C=O) groups is 2. The molecule has 0 radical (unpaired) electrons. The van der Waals surface area contributed by atoms with Gasteiger partial charge in [-0.2, -0.15) is 0 Å². The maximum Gasteiger partial charge on any atom is 0.253 e. The molecule has 1 aliphatic heterocycles. The van der Waals surface area contributed by atoms with Gasteiger partial charge in [-0.1, -0.05) is 6.07 Å². The molecular weight excluding hydrogens is 324 g/mol. The Hall–Kier alpha value is -1.84. The van der Waals surface area contributed by atoms with Crippen LogP contribution in [0.15, 0.2) is 24.3 Å². The van der Waals surface area contributed by atoms with E-state index in [1.165, 1.54) is 19.3 Å². The lowest BCUT2D eigenvalue weighted by atomic mass is 9.49. The summed E-state index contributed by atoms with van der Waals surface area (Å²) in [5.74, 6) is 2.57. The summed E-state index contributed by atoms with van der Waals surface area (Å²) in [6.07, 6.45) is 9.40. The van der Waals surface area contributed by atoms with Gasteiger partial charge < -0.3 is 10.2 Å². The molecule has 5 fully saturated rings. The van der Waals surface area contributed by atoms with Crippen LogP contribution in [0.3, 0.4) is 0 Å². The molecule has 1 saturated heterocycles. The van der Waals surface area contributed by atoms with Crippen molar-refractivity contribution in [1.82, 2.24) is 4.90 Å². The lowest BCUT2D eigenvalue weighted by molar-refractivity contribution is -0.140. The van der Waals surface area contributed by atoms with E-state index in [2.05, 4.69) is 5.32 Å². The molecule has 0 spiro atoms. The van der Waals surface area contributed by atoms with E-state index in [0.29, 0.717) is 5.56 Å². The van der Waals surface area contributed by atoms with Crippen molar-refractivity contribution in [3.05, 3.63) is 29.8 Å². The number of rotatable bonds is 3. The number of likely N-dealkylation sites (tertiary alicyclic amines) is 1. The third-order valence-electron chi connectivity index (χ3n) is 7.28. The number of amides is 2. The molecular formula is C22H28N2O2. The fraction of sp³-hybridized carbons (Fsp3) is 0.636. The first-order valence-corrected chi connectivity index (χ1v) is 10.3. The zero-order chi connectivity index (χ0) is 17.7. The van der Waals surface area contributed by atoms with Crippen LogP contribution in [0, 0.1) is 23.2 Å². The summed E-state index contributed by atoms with van der Waals surface area (Å²) in [6.45, 7) is 1.70. The van der Waals surface area contributed by atoms with Gasteiger partial charge in [0, 0.05) is 24.3 Å². The Balaban J connectivity index is 1.32. The van der Waals surface area contributed by atoms with Gasteiger partial charge in [0.15, 0.2) is 0 Å². The second-order valence-corrected chi connectivity index (χ2v) is 9.23. The molecule has 2 amide bonds. The lowest BCUT2D eigenvalue weighted by Gasteiger charge is -2.55. The average molecular weight is 352 g/mol. The summed E-state index contributed by atoms with van der Waals surface area (Å²) in [7, 11) is 0. The number of nitrogens with one attached hydrogen (secondary N) is 1. The Morgan fingerprint density at radius 3 is 2.19 bits per heavy atom. The molecule has 4 aliphatic carbocycles. The second-order valence-electron chi connectivity index (χ2n) is 9.23. The fourth-order valence-corrected chi connectivity index (χ4v) is 6.49. The standard InChI is InChI=1S/C22H28N2O2/c25-20(24-6-1-2-7-24)18-4-3-5-19(11-18)23-21(26)22-12-15-8-16(13-22)10-17(9-15)14-22/h3-5,11,15-17H,1-2,6-10,12-14H2,(H,23,26). The first-order valence-electron chi connectivity index (χ1n) is 10.3. The van der Waals surface area contributed by atoms with E-state index in [0.717, 1.165) is 68.6 Å². The average Bonchev–Trinajstić information content (AvgIpc) is 3.15. The van der Waals surface area contributed by atoms with Gasteiger partial charge in [0.05, 0.1) is 5.41 Å². The van der Waals surface area contributed by atoms with Crippen LogP contribution in [0.25, 0.3) is 0 Å². The molecule has 4 bridgehead atoms. The van der Waals surface area contributed by atoms with Crippen molar-refractivity contribution in [1.29, 1.82) is 0 Å². The molecule has 138 valence electrons. The third-order valence-corrected chi connectivity index (χ3v) is 7.28. The number of hydrogen-bond donors (Lipinski definition) is 1. The van der Waals surface area contributed by atoms with Gasteiger partial charge in [0.1, 0.15) is 0 Å². The van der Waals surface area contributed by atoms with Crippen LogP contribution in [0.2, 0.25) is 0 Å². The number of hydrogen-bond acceptors (Lipinski definition) is 2. The summed E-state index contributed by atoms with van der Waals surface area (Å²) in [6, 6.07) is 7.53. The van der Waals surface area contributed by atoms with Gasteiger partial charge >= 0.3 is 0 Å². The predicted octanol–water partition coefficient (Wildman–Crippen LogP) is 4.08. The molecule has 1 N–H and O–H groups in total. The Labute approximate surface area is 155 Å². The highest BCUT2D eigenvalue weighted by Crippen LogP contribution is 2.60. The number of carbonyl (C=O) groups excluding carboxylic acids is 2. The van der Waals surface area contributed by atoms with Crippen LogP contribution >= 0.6 is 0 Å². The summed E-state index contributed by atoms with van der Waals surface area (Å²) in [4.78, 5) is 27.7. The maximum absolute atomic E-state index is 13.2. The summed E-state index contributed by atoms with van der Waals surface area (Å²) >= 11 is 0. The molecule has 1 aromatic carbocycles. The maximum atomic E-state index is 13.2. The van der Waals surface area contributed by atoms with Crippen molar-refractivity contribution < 1.29 is 9.59 Å². The van der Waals surface area contributed by atoms with E-state index in [1.807, 2.05) is 29.2 Å². The minimum atomic E-state index is -0.149. The zero-order valence-corrected chi connectivity index (χ0v) is 15.4. The molecule has 1 heterocycles. The molecule has 4 saturated carbocycles. The molecule has 0 unspecified atom stereocenters. The van der Waals surface area contributed by atoms with Crippen molar-refractivity contribution >= 4 is 17.5 Å². The number of anilines is 1. The molecule has 5 aliphatic rings. The molecule has 4 nitrogen and oxygen atoms in total. The van der Waals surface area contributed by atoms with Crippen LogP contribution in [-0.2, 0) is 4.79 Å². The van der Waals surface area contributed by atoms with Crippen LogP contribution in [0.1, 0.15) is 61.7 Å². The molecule has 26 heavy (non-hydrogen) atoms.